The maximum Gasteiger partial charge on any atom is 0.194 e. The van der Waals surface area contributed by atoms with Crippen LogP contribution in [0.4, 0.5) is 0 Å². The SMILES string of the molecule is Cc1ccc(C(=O)c2ccccc2C(=O)c2ccc(C)cc2C)c(C)c1. The zero-order chi connectivity index (χ0) is 18.8. The highest BCUT2D eigenvalue weighted by atomic mass is 16.1. The van der Waals surface area contributed by atoms with Crippen molar-refractivity contribution in [3.8, 4) is 0 Å². The second kappa shape index (κ2) is 7.09. The number of aryl methyl sites for hydroxylation is 4. The average molecular weight is 342 g/mol. The molecule has 0 saturated heterocycles. The van der Waals surface area contributed by atoms with Crippen LogP contribution in [0, 0.1) is 27.7 Å². The van der Waals surface area contributed by atoms with Crippen molar-refractivity contribution in [3.63, 3.8) is 0 Å². The van der Waals surface area contributed by atoms with Gasteiger partial charge in [-0.15, -0.1) is 0 Å². The van der Waals surface area contributed by atoms with Gasteiger partial charge in [-0.25, -0.2) is 0 Å². The van der Waals surface area contributed by atoms with E-state index >= 15 is 0 Å². The molecule has 0 aliphatic rings. The summed E-state index contributed by atoms with van der Waals surface area (Å²) in [6.07, 6.45) is 0. The van der Waals surface area contributed by atoms with Crippen molar-refractivity contribution >= 4 is 11.6 Å². The van der Waals surface area contributed by atoms with E-state index in [1.54, 1.807) is 24.3 Å². The lowest BCUT2D eigenvalue weighted by molar-refractivity contribution is 0.100. The second-order valence-corrected chi connectivity index (χ2v) is 6.84. The first-order valence-electron chi connectivity index (χ1n) is 8.71. The molecule has 26 heavy (non-hydrogen) atoms. The van der Waals surface area contributed by atoms with Crippen LogP contribution >= 0.6 is 0 Å². The first kappa shape index (κ1) is 17.8. The van der Waals surface area contributed by atoms with Crippen LogP contribution in [0.5, 0.6) is 0 Å². The van der Waals surface area contributed by atoms with Crippen molar-refractivity contribution in [2.45, 2.75) is 27.7 Å². The molecule has 3 aromatic carbocycles. The predicted octanol–water partition coefficient (Wildman–Crippen LogP) is 5.38. The summed E-state index contributed by atoms with van der Waals surface area (Å²) < 4.78 is 0. The van der Waals surface area contributed by atoms with Crippen molar-refractivity contribution in [1.82, 2.24) is 0 Å². The van der Waals surface area contributed by atoms with E-state index in [0.717, 1.165) is 22.3 Å². The molecule has 0 aliphatic carbocycles. The van der Waals surface area contributed by atoms with Gasteiger partial charge in [0.1, 0.15) is 0 Å². The van der Waals surface area contributed by atoms with Gasteiger partial charge in [-0.3, -0.25) is 9.59 Å². The summed E-state index contributed by atoms with van der Waals surface area (Å²) in [6.45, 7) is 7.85. The Labute approximate surface area is 154 Å². The number of carbonyl (C=O) groups excluding carboxylic acids is 2. The van der Waals surface area contributed by atoms with Crippen molar-refractivity contribution in [2.24, 2.45) is 0 Å². The van der Waals surface area contributed by atoms with Crippen LogP contribution in [0.2, 0.25) is 0 Å². The summed E-state index contributed by atoms with van der Waals surface area (Å²) in [7, 11) is 0. The zero-order valence-corrected chi connectivity index (χ0v) is 15.6. The summed E-state index contributed by atoms with van der Waals surface area (Å²) in [6, 6.07) is 18.6. The summed E-state index contributed by atoms with van der Waals surface area (Å²) in [4.78, 5) is 26.2. The fourth-order valence-corrected chi connectivity index (χ4v) is 3.31. The minimum absolute atomic E-state index is 0.115. The highest BCUT2D eigenvalue weighted by molar-refractivity contribution is 6.20. The van der Waals surface area contributed by atoms with Crippen molar-refractivity contribution in [3.05, 3.63) is 105 Å². The topological polar surface area (TPSA) is 34.1 Å². The van der Waals surface area contributed by atoms with Crippen molar-refractivity contribution < 1.29 is 9.59 Å². The standard InChI is InChI=1S/C24H22O2/c1-15-9-11-19(17(3)13-15)23(25)21-7-5-6-8-22(21)24(26)20-12-10-16(2)14-18(20)4/h5-14H,1-4H3. The molecule has 2 heteroatoms. The Kier molecular flexibility index (Phi) is 4.85. The Hall–Kier alpha value is -3.00. The molecule has 2 nitrogen and oxygen atoms in total. The molecule has 0 saturated carbocycles. The fourth-order valence-electron chi connectivity index (χ4n) is 3.31. The second-order valence-electron chi connectivity index (χ2n) is 6.84. The van der Waals surface area contributed by atoms with Crippen LogP contribution in [0.1, 0.15) is 54.1 Å². The molecule has 0 bridgehead atoms. The molecule has 0 N–H and O–H groups in total. The van der Waals surface area contributed by atoms with Crippen LogP contribution < -0.4 is 0 Å². The number of hydrogen-bond acceptors (Lipinski definition) is 2. The third kappa shape index (κ3) is 3.36. The molecule has 3 rings (SSSR count). The fraction of sp³-hybridized carbons (Fsp3) is 0.167. The Morgan fingerprint density at radius 3 is 1.27 bits per heavy atom. The van der Waals surface area contributed by atoms with Crippen molar-refractivity contribution in [2.75, 3.05) is 0 Å². The van der Waals surface area contributed by atoms with Gasteiger partial charge in [-0.2, -0.15) is 0 Å². The lowest BCUT2D eigenvalue weighted by atomic mass is 9.90. The smallest absolute Gasteiger partial charge is 0.194 e. The summed E-state index contributed by atoms with van der Waals surface area (Å²) in [5.74, 6) is -0.229. The van der Waals surface area contributed by atoms with E-state index in [0.29, 0.717) is 22.3 Å². The highest BCUT2D eigenvalue weighted by Gasteiger charge is 2.21. The van der Waals surface area contributed by atoms with Gasteiger partial charge in [0.05, 0.1) is 0 Å². The van der Waals surface area contributed by atoms with Crippen LogP contribution in [0.3, 0.4) is 0 Å². The van der Waals surface area contributed by atoms with E-state index in [9.17, 15) is 9.59 Å². The van der Waals surface area contributed by atoms with Crippen LogP contribution in [0.15, 0.2) is 60.7 Å². The molecule has 0 amide bonds. The van der Waals surface area contributed by atoms with Gasteiger partial charge >= 0.3 is 0 Å². The van der Waals surface area contributed by atoms with Gasteiger partial charge in [0.25, 0.3) is 0 Å². The summed E-state index contributed by atoms with van der Waals surface area (Å²) in [5, 5.41) is 0. The van der Waals surface area contributed by atoms with E-state index in [1.165, 1.54) is 0 Å². The van der Waals surface area contributed by atoms with Gasteiger partial charge in [-0.1, -0.05) is 71.8 Å². The molecule has 0 aromatic heterocycles. The zero-order valence-electron chi connectivity index (χ0n) is 15.6. The van der Waals surface area contributed by atoms with Gasteiger partial charge in [0, 0.05) is 22.3 Å². The summed E-state index contributed by atoms with van der Waals surface area (Å²) >= 11 is 0. The lowest BCUT2D eigenvalue weighted by Gasteiger charge is -2.12. The van der Waals surface area contributed by atoms with Crippen LogP contribution in [-0.2, 0) is 0 Å². The minimum atomic E-state index is -0.115. The molecular weight excluding hydrogens is 320 g/mol. The number of benzene rings is 3. The van der Waals surface area contributed by atoms with Gasteiger partial charge in [0.2, 0.25) is 0 Å². The van der Waals surface area contributed by atoms with E-state index < -0.39 is 0 Å². The Morgan fingerprint density at radius 2 is 0.923 bits per heavy atom. The molecule has 0 atom stereocenters. The quantitative estimate of drug-likeness (QED) is 0.596. The maximum absolute atomic E-state index is 13.1. The summed E-state index contributed by atoms with van der Waals surface area (Å²) in [5.41, 5.74) is 6.23. The normalized spacial score (nSPS) is 10.6. The number of hydrogen-bond donors (Lipinski definition) is 0. The van der Waals surface area contributed by atoms with Crippen molar-refractivity contribution in [1.29, 1.82) is 0 Å². The largest absolute Gasteiger partial charge is 0.289 e. The highest BCUT2D eigenvalue weighted by Crippen LogP contribution is 2.22. The molecule has 130 valence electrons. The first-order chi connectivity index (χ1) is 12.4. The van der Waals surface area contributed by atoms with E-state index in [2.05, 4.69) is 0 Å². The molecule has 3 aromatic rings. The Bertz CT molecular complexity index is 930. The van der Waals surface area contributed by atoms with E-state index in [1.807, 2.05) is 64.1 Å². The number of carbonyl (C=O) groups is 2. The average Bonchev–Trinajstić information content (AvgIpc) is 2.61. The van der Waals surface area contributed by atoms with Gasteiger partial charge in [0.15, 0.2) is 11.6 Å². The lowest BCUT2D eigenvalue weighted by Crippen LogP contribution is -2.13. The predicted molar refractivity (Wildman–Crippen MR) is 105 cm³/mol. The monoisotopic (exact) mass is 342 g/mol. The Morgan fingerprint density at radius 1 is 0.538 bits per heavy atom. The van der Waals surface area contributed by atoms with Gasteiger partial charge in [-0.05, 0) is 38.8 Å². The molecule has 0 aliphatic heterocycles. The first-order valence-corrected chi connectivity index (χ1v) is 8.71. The van der Waals surface area contributed by atoms with Gasteiger partial charge < -0.3 is 0 Å². The van der Waals surface area contributed by atoms with E-state index in [-0.39, 0.29) is 11.6 Å². The third-order valence-electron chi connectivity index (χ3n) is 4.67. The molecule has 0 spiro atoms. The number of rotatable bonds is 4. The third-order valence-corrected chi connectivity index (χ3v) is 4.67. The molecular formula is C24H22O2. The van der Waals surface area contributed by atoms with Crippen LogP contribution in [-0.4, -0.2) is 11.6 Å². The van der Waals surface area contributed by atoms with E-state index in [4.69, 9.17) is 0 Å². The number of ketones is 2. The maximum atomic E-state index is 13.1. The molecule has 0 radical (unpaired) electrons. The molecule has 0 unspecified atom stereocenters. The molecule has 0 fully saturated rings. The Balaban J connectivity index is 2.08. The molecule has 0 heterocycles. The minimum Gasteiger partial charge on any atom is -0.289 e. The van der Waals surface area contributed by atoms with Crippen LogP contribution in [0.25, 0.3) is 0 Å².